The highest BCUT2D eigenvalue weighted by atomic mass is 19.4. The average Bonchev–Trinajstić information content (AvgIpc) is 2.74. The van der Waals surface area contributed by atoms with Crippen LogP contribution in [-0.4, -0.2) is 79.6 Å². The number of piperazine rings is 1. The maximum Gasteiger partial charge on any atom is 0.416 e. The number of nitrogens with one attached hydrogen (secondary N) is 1. The molecule has 1 aromatic carbocycles. The van der Waals surface area contributed by atoms with Crippen molar-refractivity contribution in [3.05, 3.63) is 46.7 Å². The number of hydrogen-bond acceptors (Lipinski definition) is 5. The van der Waals surface area contributed by atoms with Gasteiger partial charge in [-0.1, -0.05) is 12.1 Å². The van der Waals surface area contributed by atoms with Crippen LogP contribution in [0.25, 0.3) is 0 Å². The zero-order valence-corrected chi connectivity index (χ0v) is 18.5. The van der Waals surface area contributed by atoms with Gasteiger partial charge in [0.15, 0.2) is 0 Å². The Morgan fingerprint density at radius 3 is 2.28 bits per heavy atom. The van der Waals surface area contributed by atoms with Crippen LogP contribution in [0.3, 0.4) is 0 Å². The van der Waals surface area contributed by atoms with Gasteiger partial charge in [-0.05, 0) is 38.6 Å². The summed E-state index contributed by atoms with van der Waals surface area (Å²) in [6.45, 7) is 7.64. The number of ether oxygens (including phenoxy) is 1. The molecule has 3 rings (SSSR count). The largest absolute Gasteiger partial charge is 0.463 e. The van der Waals surface area contributed by atoms with Gasteiger partial charge in [-0.2, -0.15) is 13.2 Å². The van der Waals surface area contributed by atoms with E-state index < -0.39 is 29.8 Å². The molecule has 0 spiro atoms. The SMILES string of the molecule is CCOC(=O)C1=C(CN2CCN(C)CC2)N(CC)C(=O)N[C@@H]1c1ccc(C(F)(F)F)cc1. The van der Waals surface area contributed by atoms with Crippen LogP contribution in [0, 0.1) is 0 Å². The van der Waals surface area contributed by atoms with E-state index in [0.717, 1.165) is 38.3 Å². The van der Waals surface area contributed by atoms with Gasteiger partial charge in [0.25, 0.3) is 0 Å². The molecule has 1 N–H and O–H groups in total. The van der Waals surface area contributed by atoms with Crippen molar-refractivity contribution in [2.45, 2.75) is 26.1 Å². The molecular formula is C22H29F3N4O3. The lowest BCUT2D eigenvalue weighted by Crippen LogP contribution is -2.52. The van der Waals surface area contributed by atoms with Gasteiger partial charge in [0, 0.05) is 45.0 Å². The minimum atomic E-state index is -4.47. The van der Waals surface area contributed by atoms with Crippen LogP contribution in [0.15, 0.2) is 35.5 Å². The number of halogens is 3. The third-order valence-corrected chi connectivity index (χ3v) is 5.79. The number of nitrogens with zero attached hydrogens (tertiary/aromatic N) is 3. The molecule has 10 heteroatoms. The lowest BCUT2D eigenvalue weighted by molar-refractivity contribution is -0.139. The fourth-order valence-corrected chi connectivity index (χ4v) is 3.99. The number of benzene rings is 1. The third-order valence-electron chi connectivity index (χ3n) is 5.79. The number of esters is 1. The Morgan fingerprint density at radius 1 is 1.12 bits per heavy atom. The predicted molar refractivity (Wildman–Crippen MR) is 113 cm³/mol. The summed E-state index contributed by atoms with van der Waals surface area (Å²) in [5.74, 6) is -0.583. The zero-order valence-electron chi connectivity index (χ0n) is 18.5. The number of hydrogen-bond donors (Lipinski definition) is 1. The fourth-order valence-electron chi connectivity index (χ4n) is 3.99. The van der Waals surface area contributed by atoms with E-state index in [-0.39, 0.29) is 12.2 Å². The second kappa shape index (κ2) is 9.91. The molecule has 2 heterocycles. The molecule has 2 aliphatic heterocycles. The number of alkyl halides is 3. The van der Waals surface area contributed by atoms with Crippen molar-refractivity contribution in [2.24, 2.45) is 0 Å². The number of urea groups is 1. The molecule has 1 saturated heterocycles. The molecule has 1 fully saturated rings. The second-order valence-electron chi connectivity index (χ2n) is 7.91. The van der Waals surface area contributed by atoms with Gasteiger partial charge in [-0.25, -0.2) is 9.59 Å². The third kappa shape index (κ3) is 5.24. The number of amides is 2. The van der Waals surface area contributed by atoms with Gasteiger partial charge < -0.3 is 15.0 Å². The van der Waals surface area contributed by atoms with E-state index >= 15 is 0 Å². The zero-order chi connectivity index (χ0) is 23.5. The Bertz CT molecular complexity index is 862. The molecule has 1 atom stereocenters. The van der Waals surface area contributed by atoms with Crippen LogP contribution in [0.4, 0.5) is 18.0 Å². The Labute approximate surface area is 185 Å². The minimum Gasteiger partial charge on any atom is -0.463 e. The predicted octanol–water partition coefficient (Wildman–Crippen LogP) is 2.86. The van der Waals surface area contributed by atoms with Gasteiger partial charge in [-0.3, -0.25) is 9.80 Å². The fraction of sp³-hybridized carbons (Fsp3) is 0.545. The topological polar surface area (TPSA) is 65.1 Å². The van der Waals surface area contributed by atoms with E-state index in [1.54, 1.807) is 6.92 Å². The smallest absolute Gasteiger partial charge is 0.416 e. The first kappa shape index (κ1) is 24.1. The van der Waals surface area contributed by atoms with E-state index in [1.807, 2.05) is 14.0 Å². The summed E-state index contributed by atoms with van der Waals surface area (Å²) < 4.78 is 44.3. The van der Waals surface area contributed by atoms with Gasteiger partial charge in [-0.15, -0.1) is 0 Å². The van der Waals surface area contributed by atoms with Crippen LogP contribution in [0.2, 0.25) is 0 Å². The molecule has 2 amide bonds. The number of likely N-dealkylation sites (N-methyl/N-ethyl adjacent to an activating group) is 2. The first-order valence-electron chi connectivity index (χ1n) is 10.7. The summed E-state index contributed by atoms with van der Waals surface area (Å²) in [6, 6.07) is 3.21. The highest BCUT2D eigenvalue weighted by Gasteiger charge is 2.39. The standard InChI is InChI=1S/C22H29F3N4O3/c1-4-29-17(14-28-12-10-27(3)11-13-28)18(20(30)32-5-2)19(26-21(29)31)15-6-8-16(9-7-15)22(23,24)25/h6-9,19H,4-5,10-14H2,1-3H3,(H,26,31)/t19-/m1/s1. The molecule has 0 saturated carbocycles. The Kier molecular flexibility index (Phi) is 7.45. The summed E-state index contributed by atoms with van der Waals surface area (Å²) in [6.07, 6.45) is -4.47. The van der Waals surface area contributed by atoms with Crippen molar-refractivity contribution in [2.75, 3.05) is 52.9 Å². The van der Waals surface area contributed by atoms with Crippen LogP contribution >= 0.6 is 0 Å². The van der Waals surface area contributed by atoms with Crippen molar-refractivity contribution in [1.29, 1.82) is 0 Å². The van der Waals surface area contributed by atoms with E-state index in [2.05, 4.69) is 15.1 Å². The van der Waals surface area contributed by atoms with Gasteiger partial charge >= 0.3 is 18.2 Å². The van der Waals surface area contributed by atoms with E-state index in [9.17, 15) is 22.8 Å². The maximum atomic E-state index is 13.0. The quantitative estimate of drug-likeness (QED) is 0.670. The lowest BCUT2D eigenvalue weighted by atomic mass is 9.93. The Balaban J connectivity index is 2.04. The normalized spacial score (nSPS) is 21.0. The monoisotopic (exact) mass is 454 g/mol. The summed E-state index contributed by atoms with van der Waals surface area (Å²) in [5, 5.41) is 2.78. The summed E-state index contributed by atoms with van der Waals surface area (Å²) in [4.78, 5) is 31.8. The molecule has 0 unspecified atom stereocenters. The molecular weight excluding hydrogens is 425 g/mol. The van der Waals surface area contributed by atoms with Crippen molar-refractivity contribution >= 4 is 12.0 Å². The van der Waals surface area contributed by atoms with E-state index in [4.69, 9.17) is 4.74 Å². The molecule has 0 aromatic heterocycles. The van der Waals surface area contributed by atoms with Gasteiger partial charge in [0.05, 0.1) is 23.8 Å². The van der Waals surface area contributed by atoms with Gasteiger partial charge in [0.2, 0.25) is 0 Å². The van der Waals surface area contributed by atoms with E-state index in [0.29, 0.717) is 24.4 Å². The average molecular weight is 454 g/mol. The second-order valence-corrected chi connectivity index (χ2v) is 7.91. The molecule has 1 aromatic rings. The van der Waals surface area contributed by atoms with Crippen molar-refractivity contribution in [1.82, 2.24) is 20.0 Å². The van der Waals surface area contributed by atoms with Crippen LogP contribution in [-0.2, 0) is 15.7 Å². The first-order valence-corrected chi connectivity index (χ1v) is 10.7. The Morgan fingerprint density at radius 2 is 1.75 bits per heavy atom. The maximum absolute atomic E-state index is 13.0. The van der Waals surface area contributed by atoms with Gasteiger partial charge in [0.1, 0.15) is 0 Å². The molecule has 176 valence electrons. The highest BCUT2D eigenvalue weighted by molar-refractivity contribution is 5.95. The van der Waals surface area contributed by atoms with Crippen molar-refractivity contribution in [3.8, 4) is 0 Å². The first-order chi connectivity index (χ1) is 15.2. The van der Waals surface area contributed by atoms with Crippen molar-refractivity contribution < 1.29 is 27.5 Å². The van der Waals surface area contributed by atoms with Crippen LogP contribution in [0.5, 0.6) is 0 Å². The van der Waals surface area contributed by atoms with E-state index in [1.165, 1.54) is 17.0 Å². The summed E-state index contributed by atoms with van der Waals surface area (Å²) in [7, 11) is 2.04. The minimum absolute atomic E-state index is 0.143. The Hall–Kier alpha value is -2.59. The summed E-state index contributed by atoms with van der Waals surface area (Å²) >= 11 is 0. The lowest BCUT2D eigenvalue weighted by Gasteiger charge is -2.40. The molecule has 0 radical (unpaired) electrons. The molecule has 7 nitrogen and oxygen atoms in total. The molecule has 32 heavy (non-hydrogen) atoms. The molecule has 2 aliphatic rings. The van der Waals surface area contributed by atoms with Crippen LogP contribution < -0.4 is 5.32 Å². The summed E-state index contributed by atoms with van der Waals surface area (Å²) in [5.41, 5.74) is 0.384. The van der Waals surface area contributed by atoms with Crippen LogP contribution in [0.1, 0.15) is 31.0 Å². The molecule has 0 bridgehead atoms. The highest BCUT2D eigenvalue weighted by Crippen LogP contribution is 2.34. The van der Waals surface area contributed by atoms with Crippen molar-refractivity contribution in [3.63, 3.8) is 0 Å². The number of carbonyl (C=O) groups excluding carboxylic acids is 2. The number of rotatable bonds is 6. The molecule has 0 aliphatic carbocycles. The number of carbonyl (C=O) groups is 2.